The molecule has 1 rings (SSSR count). The van der Waals surface area contributed by atoms with Gasteiger partial charge in [0, 0.05) is 6.04 Å². The Hall–Kier alpha value is -0.0400. The fourth-order valence-corrected chi connectivity index (χ4v) is 1.78. The molecule has 0 aliphatic carbocycles. The molecule has 1 aliphatic rings. The van der Waals surface area contributed by atoms with Crippen molar-refractivity contribution < 1.29 is 0 Å². The lowest BCUT2D eigenvalue weighted by molar-refractivity contribution is 0.476. The maximum atomic E-state index is 3.53. The molecule has 11 heavy (non-hydrogen) atoms. The number of nitrogens with one attached hydrogen (secondary N) is 1. The van der Waals surface area contributed by atoms with Crippen molar-refractivity contribution in [1.29, 1.82) is 0 Å². The SMILES string of the molecule is CC(C)CCCC1CCCN1. The first-order valence-corrected chi connectivity index (χ1v) is 5.02. The highest BCUT2D eigenvalue weighted by Gasteiger charge is 2.12. The van der Waals surface area contributed by atoms with Gasteiger partial charge < -0.3 is 5.32 Å². The second-order valence-electron chi connectivity index (χ2n) is 4.12. The minimum atomic E-state index is 0.855. The number of rotatable bonds is 4. The second-order valence-corrected chi connectivity index (χ2v) is 4.12. The van der Waals surface area contributed by atoms with Crippen molar-refractivity contribution >= 4 is 0 Å². The molecule has 0 radical (unpaired) electrons. The van der Waals surface area contributed by atoms with Crippen molar-refractivity contribution in [2.24, 2.45) is 5.92 Å². The highest BCUT2D eigenvalue weighted by molar-refractivity contribution is 4.73. The maximum absolute atomic E-state index is 3.53. The summed E-state index contributed by atoms with van der Waals surface area (Å²) in [5.74, 6) is 0.886. The molecule has 0 aromatic carbocycles. The summed E-state index contributed by atoms with van der Waals surface area (Å²) in [6, 6.07) is 0.855. The van der Waals surface area contributed by atoms with E-state index in [-0.39, 0.29) is 0 Å². The van der Waals surface area contributed by atoms with Gasteiger partial charge in [0.25, 0.3) is 0 Å². The molecule has 1 aliphatic heterocycles. The Labute approximate surface area is 70.6 Å². The smallest absolute Gasteiger partial charge is 0.00675 e. The molecule has 1 heteroatoms. The lowest BCUT2D eigenvalue weighted by Crippen LogP contribution is -2.20. The van der Waals surface area contributed by atoms with Crippen molar-refractivity contribution in [3.63, 3.8) is 0 Å². The summed E-state index contributed by atoms with van der Waals surface area (Å²) in [7, 11) is 0. The predicted octanol–water partition coefficient (Wildman–Crippen LogP) is 2.56. The van der Waals surface area contributed by atoms with E-state index in [1.807, 2.05) is 0 Å². The molecule has 1 nitrogen and oxygen atoms in total. The molecule has 1 heterocycles. The first-order valence-electron chi connectivity index (χ1n) is 5.02. The van der Waals surface area contributed by atoms with Crippen LogP contribution in [-0.4, -0.2) is 12.6 Å². The minimum absolute atomic E-state index is 0.855. The molecule has 66 valence electrons. The zero-order valence-electron chi connectivity index (χ0n) is 7.90. The van der Waals surface area contributed by atoms with Gasteiger partial charge in [0.15, 0.2) is 0 Å². The topological polar surface area (TPSA) is 12.0 Å². The predicted molar refractivity (Wildman–Crippen MR) is 49.7 cm³/mol. The molecular weight excluding hydrogens is 134 g/mol. The van der Waals surface area contributed by atoms with E-state index in [1.165, 1.54) is 38.6 Å². The van der Waals surface area contributed by atoms with Gasteiger partial charge in [-0.2, -0.15) is 0 Å². The molecule has 1 atom stereocenters. The monoisotopic (exact) mass is 155 g/mol. The van der Waals surface area contributed by atoms with Gasteiger partial charge >= 0.3 is 0 Å². The lowest BCUT2D eigenvalue weighted by Gasteiger charge is -2.10. The molecule has 0 amide bonds. The Morgan fingerprint density at radius 3 is 2.82 bits per heavy atom. The van der Waals surface area contributed by atoms with E-state index in [1.54, 1.807) is 0 Å². The van der Waals surface area contributed by atoms with Crippen LogP contribution in [0, 0.1) is 5.92 Å². The fraction of sp³-hybridized carbons (Fsp3) is 1.00. The van der Waals surface area contributed by atoms with Gasteiger partial charge in [0.05, 0.1) is 0 Å². The van der Waals surface area contributed by atoms with Crippen LogP contribution in [0.2, 0.25) is 0 Å². The summed E-state index contributed by atoms with van der Waals surface area (Å²) >= 11 is 0. The van der Waals surface area contributed by atoms with E-state index in [2.05, 4.69) is 19.2 Å². The van der Waals surface area contributed by atoms with Crippen LogP contribution in [0.1, 0.15) is 46.0 Å². The zero-order chi connectivity index (χ0) is 8.10. The Balaban J connectivity index is 1.94. The van der Waals surface area contributed by atoms with E-state index in [0.29, 0.717) is 0 Å². The van der Waals surface area contributed by atoms with Crippen LogP contribution in [-0.2, 0) is 0 Å². The van der Waals surface area contributed by atoms with Crippen LogP contribution in [0.3, 0.4) is 0 Å². The van der Waals surface area contributed by atoms with Crippen LogP contribution >= 0.6 is 0 Å². The highest BCUT2D eigenvalue weighted by Crippen LogP contribution is 2.14. The normalized spacial score (nSPS) is 24.8. The average Bonchev–Trinajstić information content (AvgIpc) is 2.39. The summed E-state index contributed by atoms with van der Waals surface area (Å²) in [4.78, 5) is 0. The van der Waals surface area contributed by atoms with Gasteiger partial charge in [0.1, 0.15) is 0 Å². The van der Waals surface area contributed by atoms with Crippen LogP contribution < -0.4 is 5.32 Å². The van der Waals surface area contributed by atoms with Crippen molar-refractivity contribution in [2.45, 2.75) is 52.0 Å². The summed E-state index contributed by atoms with van der Waals surface area (Å²) in [6.45, 7) is 5.87. The molecule has 0 aromatic rings. The molecule has 1 N–H and O–H groups in total. The third-order valence-electron chi connectivity index (χ3n) is 2.50. The van der Waals surface area contributed by atoms with Crippen LogP contribution in [0.25, 0.3) is 0 Å². The number of hydrogen-bond acceptors (Lipinski definition) is 1. The number of hydrogen-bond donors (Lipinski definition) is 1. The van der Waals surface area contributed by atoms with E-state index in [4.69, 9.17) is 0 Å². The minimum Gasteiger partial charge on any atom is -0.314 e. The highest BCUT2D eigenvalue weighted by atomic mass is 14.9. The largest absolute Gasteiger partial charge is 0.314 e. The third-order valence-corrected chi connectivity index (χ3v) is 2.50. The summed E-state index contributed by atoms with van der Waals surface area (Å²) in [6.07, 6.45) is 7.02. The van der Waals surface area contributed by atoms with Crippen molar-refractivity contribution in [2.75, 3.05) is 6.54 Å². The van der Waals surface area contributed by atoms with Crippen LogP contribution in [0.4, 0.5) is 0 Å². The summed E-state index contributed by atoms with van der Waals surface area (Å²) < 4.78 is 0. The third kappa shape index (κ3) is 3.76. The average molecular weight is 155 g/mol. The molecule has 0 spiro atoms. The molecule has 0 bridgehead atoms. The Morgan fingerprint density at radius 2 is 2.27 bits per heavy atom. The van der Waals surface area contributed by atoms with Crippen molar-refractivity contribution in [3.8, 4) is 0 Å². The van der Waals surface area contributed by atoms with Crippen molar-refractivity contribution in [1.82, 2.24) is 5.32 Å². The molecule has 1 unspecified atom stereocenters. The second kappa shape index (κ2) is 4.76. The Bertz CT molecular complexity index is 93.0. The van der Waals surface area contributed by atoms with Gasteiger partial charge in [0.2, 0.25) is 0 Å². The summed E-state index contributed by atoms with van der Waals surface area (Å²) in [5.41, 5.74) is 0. The molecular formula is C10H21N. The first-order chi connectivity index (χ1) is 5.29. The summed E-state index contributed by atoms with van der Waals surface area (Å²) in [5, 5.41) is 3.53. The molecule has 1 fully saturated rings. The van der Waals surface area contributed by atoms with E-state index < -0.39 is 0 Å². The van der Waals surface area contributed by atoms with Gasteiger partial charge in [-0.15, -0.1) is 0 Å². The van der Waals surface area contributed by atoms with E-state index in [0.717, 1.165) is 12.0 Å². The Kier molecular flexibility index (Phi) is 3.92. The quantitative estimate of drug-likeness (QED) is 0.658. The van der Waals surface area contributed by atoms with E-state index in [9.17, 15) is 0 Å². The van der Waals surface area contributed by atoms with Crippen molar-refractivity contribution in [3.05, 3.63) is 0 Å². The molecule has 0 aromatic heterocycles. The van der Waals surface area contributed by atoms with Gasteiger partial charge in [-0.25, -0.2) is 0 Å². The van der Waals surface area contributed by atoms with Gasteiger partial charge in [-0.1, -0.05) is 26.7 Å². The standard InChI is InChI=1S/C10H21N/c1-9(2)5-3-6-10-7-4-8-11-10/h9-11H,3-8H2,1-2H3. The first kappa shape index (κ1) is 9.05. The Morgan fingerprint density at radius 1 is 1.45 bits per heavy atom. The van der Waals surface area contributed by atoms with Crippen LogP contribution in [0.15, 0.2) is 0 Å². The zero-order valence-corrected chi connectivity index (χ0v) is 7.90. The molecule has 1 saturated heterocycles. The maximum Gasteiger partial charge on any atom is 0.00675 e. The van der Waals surface area contributed by atoms with Crippen LogP contribution in [0.5, 0.6) is 0 Å². The van der Waals surface area contributed by atoms with E-state index >= 15 is 0 Å². The van der Waals surface area contributed by atoms with Gasteiger partial charge in [-0.3, -0.25) is 0 Å². The fourth-order valence-electron chi connectivity index (χ4n) is 1.78. The lowest BCUT2D eigenvalue weighted by atomic mass is 10.0. The van der Waals surface area contributed by atoms with Gasteiger partial charge in [-0.05, 0) is 31.7 Å². The molecule has 0 saturated carbocycles.